The maximum absolute atomic E-state index is 12.4. The van der Waals surface area contributed by atoms with Crippen LogP contribution in [-0.4, -0.2) is 37.6 Å². The van der Waals surface area contributed by atoms with E-state index in [9.17, 15) is 4.79 Å². The van der Waals surface area contributed by atoms with Gasteiger partial charge in [0.05, 0.1) is 19.6 Å². The van der Waals surface area contributed by atoms with Crippen LogP contribution in [0.25, 0.3) is 0 Å². The summed E-state index contributed by atoms with van der Waals surface area (Å²) in [7, 11) is 1.67. The van der Waals surface area contributed by atoms with Crippen LogP contribution in [0.2, 0.25) is 5.02 Å². The molecule has 1 aliphatic rings. The fraction of sp³-hybridized carbons (Fsp3) is 0.409. The molecule has 1 fully saturated rings. The van der Waals surface area contributed by atoms with E-state index in [0.717, 1.165) is 24.4 Å². The minimum Gasteiger partial charge on any atom is -0.497 e. The van der Waals surface area contributed by atoms with Gasteiger partial charge in [0.2, 0.25) is 5.91 Å². The van der Waals surface area contributed by atoms with Gasteiger partial charge in [0.15, 0.2) is 0 Å². The Morgan fingerprint density at radius 2 is 1.74 bits per heavy atom. The Morgan fingerprint density at radius 3 is 2.37 bits per heavy atom. The van der Waals surface area contributed by atoms with Crippen LogP contribution in [0, 0.1) is 0 Å². The van der Waals surface area contributed by atoms with Crippen molar-refractivity contribution in [1.82, 2.24) is 10.2 Å². The molecule has 4 nitrogen and oxygen atoms in total. The molecule has 3 rings (SSSR count). The summed E-state index contributed by atoms with van der Waals surface area (Å²) in [6.45, 7) is 2.76. The van der Waals surface area contributed by atoms with Crippen molar-refractivity contribution in [2.45, 2.75) is 31.7 Å². The maximum atomic E-state index is 12.4. The number of ether oxygens (including phenoxy) is 1. The number of hydrogen-bond acceptors (Lipinski definition) is 3. The van der Waals surface area contributed by atoms with Gasteiger partial charge in [-0.25, -0.2) is 0 Å². The minimum atomic E-state index is 0.0350. The highest BCUT2D eigenvalue weighted by Gasteiger charge is 2.23. The number of halogens is 1. The maximum Gasteiger partial charge on any atom is 0.224 e. The third kappa shape index (κ3) is 5.72. The molecule has 0 bridgehead atoms. The normalized spacial score (nSPS) is 15.9. The number of nitrogens with zero attached hydrogens (tertiary/aromatic N) is 1. The molecular weight excluding hydrogens is 360 g/mol. The highest BCUT2D eigenvalue weighted by molar-refractivity contribution is 6.30. The largest absolute Gasteiger partial charge is 0.497 e. The van der Waals surface area contributed by atoms with Crippen molar-refractivity contribution >= 4 is 17.5 Å². The number of methoxy groups -OCH3 is 1. The molecule has 2 aromatic rings. The standard InChI is InChI=1S/C22H27ClN2O2/c1-27-20-11-7-18(8-12-20)21(25-13-3-2-4-14-25)16-24-22(26)15-17-5-9-19(23)10-6-17/h5-12,21H,2-4,13-16H2,1H3,(H,24,26). The Morgan fingerprint density at radius 1 is 1.07 bits per heavy atom. The Bertz CT molecular complexity index is 725. The first kappa shape index (κ1) is 19.7. The Balaban J connectivity index is 1.64. The molecule has 144 valence electrons. The molecule has 2 aromatic carbocycles. The highest BCUT2D eigenvalue weighted by Crippen LogP contribution is 2.26. The molecule has 1 atom stereocenters. The number of amides is 1. The lowest BCUT2D eigenvalue weighted by molar-refractivity contribution is -0.120. The first-order chi connectivity index (χ1) is 13.2. The van der Waals surface area contributed by atoms with E-state index < -0.39 is 0 Å². The van der Waals surface area contributed by atoms with Crippen LogP contribution in [-0.2, 0) is 11.2 Å². The number of carbonyl (C=O) groups excluding carboxylic acids is 1. The number of nitrogens with one attached hydrogen (secondary N) is 1. The van der Waals surface area contributed by atoms with E-state index in [0.29, 0.717) is 18.0 Å². The average Bonchev–Trinajstić information content (AvgIpc) is 2.71. The van der Waals surface area contributed by atoms with Crippen LogP contribution < -0.4 is 10.1 Å². The molecule has 1 saturated heterocycles. The fourth-order valence-corrected chi connectivity index (χ4v) is 3.70. The smallest absolute Gasteiger partial charge is 0.224 e. The van der Waals surface area contributed by atoms with E-state index in [1.807, 2.05) is 36.4 Å². The number of rotatable bonds is 7. The van der Waals surface area contributed by atoms with Gasteiger partial charge in [-0.2, -0.15) is 0 Å². The van der Waals surface area contributed by atoms with Crippen molar-refractivity contribution in [3.8, 4) is 5.75 Å². The molecule has 1 heterocycles. The number of benzene rings is 2. The first-order valence-electron chi connectivity index (χ1n) is 9.55. The summed E-state index contributed by atoms with van der Waals surface area (Å²) >= 11 is 5.91. The van der Waals surface area contributed by atoms with Gasteiger partial charge in [-0.1, -0.05) is 42.3 Å². The predicted octanol–water partition coefficient (Wildman–Crippen LogP) is 4.23. The van der Waals surface area contributed by atoms with Crippen LogP contribution in [0.4, 0.5) is 0 Å². The van der Waals surface area contributed by atoms with Crippen LogP contribution in [0.15, 0.2) is 48.5 Å². The number of hydrogen-bond donors (Lipinski definition) is 1. The summed E-state index contributed by atoms with van der Waals surface area (Å²) < 4.78 is 5.27. The number of carbonyl (C=O) groups is 1. The molecule has 0 aliphatic carbocycles. The molecule has 0 saturated carbocycles. The second kappa shape index (κ2) is 9.77. The number of piperidine rings is 1. The third-order valence-electron chi connectivity index (χ3n) is 5.10. The lowest BCUT2D eigenvalue weighted by atomic mass is 10.0. The monoisotopic (exact) mass is 386 g/mol. The summed E-state index contributed by atoms with van der Waals surface area (Å²) in [5, 5.41) is 3.81. The lowest BCUT2D eigenvalue weighted by Gasteiger charge is -2.35. The summed E-state index contributed by atoms with van der Waals surface area (Å²) in [5.74, 6) is 0.885. The van der Waals surface area contributed by atoms with E-state index in [-0.39, 0.29) is 11.9 Å². The molecular formula is C22H27ClN2O2. The van der Waals surface area contributed by atoms with Crippen molar-refractivity contribution in [3.05, 3.63) is 64.7 Å². The van der Waals surface area contributed by atoms with Gasteiger partial charge >= 0.3 is 0 Å². The summed E-state index contributed by atoms with van der Waals surface area (Å²) in [6.07, 6.45) is 4.08. The van der Waals surface area contributed by atoms with E-state index >= 15 is 0 Å². The molecule has 27 heavy (non-hydrogen) atoms. The lowest BCUT2D eigenvalue weighted by Crippen LogP contribution is -2.41. The molecule has 1 unspecified atom stereocenters. The molecule has 1 N–H and O–H groups in total. The molecule has 0 radical (unpaired) electrons. The van der Waals surface area contributed by atoms with Gasteiger partial charge in [0.25, 0.3) is 0 Å². The van der Waals surface area contributed by atoms with Crippen LogP contribution >= 0.6 is 11.6 Å². The predicted molar refractivity (Wildman–Crippen MR) is 109 cm³/mol. The SMILES string of the molecule is COc1ccc(C(CNC(=O)Cc2ccc(Cl)cc2)N2CCCCC2)cc1. The topological polar surface area (TPSA) is 41.6 Å². The third-order valence-corrected chi connectivity index (χ3v) is 5.35. The Hall–Kier alpha value is -2.04. The summed E-state index contributed by atoms with van der Waals surface area (Å²) in [5.41, 5.74) is 2.18. The van der Waals surface area contributed by atoms with E-state index in [4.69, 9.17) is 16.3 Å². The van der Waals surface area contributed by atoms with Gasteiger partial charge in [0.1, 0.15) is 5.75 Å². The zero-order valence-corrected chi connectivity index (χ0v) is 16.5. The summed E-state index contributed by atoms with van der Waals surface area (Å²) in [4.78, 5) is 14.9. The van der Waals surface area contributed by atoms with E-state index in [2.05, 4.69) is 22.3 Å². The van der Waals surface area contributed by atoms with Gasteiger partial charge in [-0.05, 0) is 61.3 Å². The van der Waals surface area contributed by atoms with Crippen LogP contribution in [0.3, 0.4) is 0 Å². The van der Waals surface area contributed by atoms with Gasteiger partial charge in [-0.15, -0.1) is 0 Å². The zero-order valence-electron chi connectivity index (χ0n) is 15.8. The second-order valence-corrected chi connectivity index (χ2v) is 7.43. The Labute approximate surface area is 166 Å². The van der Waals surface area contributed by atoms with Gasteiger partial charge in [-0.3, -0.25) is 9.69 Å². The van der Waals surface area contributed by atoms with Gasteiger partial charge < -0.3 is 10.1 Å². The Kier molecular flexibility index (Phi) is 7.13. The molecule has 0 spiro atoms. The molecule has 1 amide bonds. The number of likely N-dealkylation sites (tertiary alicyclic amines) is 1. The molecule has 0 aromatic heterocycles. The van der Waals surface area contributed by atoms with Crippen molar-refractivity contribution in [2.24, 2.45) is 0 Å². The fourth-order valence-electron chi connectivity index (χ4n) is 3.57. The van der Waals surface area contributed by atoms with Gasteiger partial charge in [0, 0.05) is 11.6 Å². The van der Waals surface area contributed by atoms with E-state index in [1.165, 1.54) is 24.8 Å². The first-order valence-corrected chi connectivity index (χ1v) is 9.92. The minimum absolute atomic E-state index is 0.0350. The average molecular weight is 387 g/mol. The van der Waals surface area contributed by atoms with Crippen LogP contribution in [0.1, 0.15) is 36.4 Å². The second-order valence-electron chi connectivity index (χ2n) is 6.99. The van der Waals surface area contributed by atoms with Crippen molar-refractivity contribution in [2.75, 3.05) is 26.7 Å². The van der Waals surface area contributed by atoms with Crippen LogP contribution in [0.5, 0.6) is 5.75 Å². The van der Waals surface area contributed by atoms with Crippen molar-refractivity contribution in [3.63, 3.8) is 0 Å². The van der Waals surface area contributed by atoms with E-state index in [1.54, 1.807) is 7.11 Å². The zero-order chi connectivity index (χ0) is 19.1. The highest BCUT2D eigenvalue weighted by atomic mass is 35.5. The summed E-state index contributed by atoms with van der Waals surface area (Å²) in [6, 6.07) is 15.8. The molecule has 5 heteroatoms. The van der Waals surface area contributed by atoms with Crippen molar-refractivity contribution in [1.29, 1.82) is 0 Å². The molecule has 1 aliphatic heterocycles. The van der Waals surface area contributed by atoms with Crippen molar-refractivity contribution < 1.29 is 9.53 Å². The quantitative estimate of drug-likeness (QED) is 0.774.